The first-order valence-corrected chi connectivity index (χ1v) is 12.3. The average Bonchev–Trinajstić information content (AvgIpc) is 3.62. The summed E-state index contributed by atoms with van der Waals surface area (Å²) in [5.41, 5.74) is -0.106. The van der Waals surface area contributed by atoms with E-state index in [1.54, 1.807) is 5.32 Å². The van der Waals surface area contributed by atoms with Crippen molar-refractivity contribution in [1.82, 2.24) is 25.9 Å². The lowest BCUT2D eigenvalue weighted by Crippen LogP contribution is -2.61. The topological polar surface area (TPSA) is 137 Å². The van der Waals surface area contributed by atoms with Gasteiger partial charge in [0.15, 0.2) is 0 Å². The number of piperidine rings is 1. The third-order valence-electron chi connectivity index (χ3n) is 6.92. The number of fused-ring (bicyclic) bond motifs is 1. The summed E-state index contributed by atoms with van der Waals surface area (Å²) in [7, 11) is 0. The zero-order chi connectivity index (χ0) is 26.7. The molecule has 1 aliphatic carbocycles. The van der Waals surface area contributed by atoms with Crippen LogP contribution in [0, 0.1) is 34.5 Å². The minimum atomic E-state index is -5.15. The second kappa shape index (κ2) is 11.0. The van der Waals surface area contributed by atoms with E-state index in [1.807, 2.05) is 6.21 Å². The number of hydrogen-bond donors (Lipinski definition) is 4. The van der Waals surface area contributed by atoms with Crippen molar-refractivity contribution in [2.45, 2.75) is 77.2 Å². The lowest BCUT2D eigenvalue weighted by atomic mass is 9.77. The van der Waals surface area contributed by atoms with E-state index in [1.165, 1.54) is 20.8 Å². The van der Waals surface area contributed by atoms with E-state index in [0.29, 0.717) is 19.5 Å². The van der Waals surface area contributed by atoms with Gasteiger partial charge in [-0.3, -0.25) is 14.4 Å². The highest BCUT2D eigenvalue weighted by Gasteiger charge is 2.45. The lowest BCUT2D eigenvalue weighted by Gasteiger charge is -2.34. The quantitative estimate of drug-likeness (QED) is 0.354. The molecule has 0 aromatic carbocycles. The maximum absolute atomic E-state index is 13.3. The molecule has 0 aromatic heterocycles. The molecule has 3 amide bonds. The van der Waals surface area contributed by atoms with Crippen molar-refractivity contribution in [3.63, 3.8) is 0 Å². The number of nitriles is 1. The summed E-state index contributed by atoms with van der Waals surface area (Å²) in [6, 6.07) is -1.23. The number of carbonyl (C=O) groups is 3. The number of nitrogens with one attached hydrogen (secondary N) is 4. The van der Waals surface area contributed by atoms with Crippen molar-refractivity contribution in [2.75, 3.05) is 13.1 Å². The third-order valence-corrected chi connectivity index (χ3v) is 6.92. The molecule has 1 saturated carbocycles. The Balaban J connectivity index is 1.73. The van der Waals surface area contributed by atoms with E-state index in [2.05, 4.69) is 26.7 Å². The summed E-state index contributed by atoms with van der Waals surface area (Å²) in [4.78, 5) is 37.9. The number of hydrogen-bond acceptors (Lipinski definition) is 5. The van der Waals surface area contributed by atoms with Gasteiger partial charge in [-0.25, -0.2) is 0 Å². The van der Waals surface area contributed by atoms with Crippen molar-refractivity contribution in [1.29, 1.82) is 5.26 Å². The van der Waals surface area contributed by atoms with Crippen molar-refractivity contribution < 1.29 is 27.6 Å². The van der Waals surface area contributed by atoms with Crippen LogP contribution >= 0.6 is 0 Å². The first-order chi connectivity index (χ1) is 16.8. The van der Waals surface area contributed by atoms with Crippen molar-refractivity contribution in [3.05, 3.63) is 0 Å². The highest BCUT2D eigenvalue weighted by atomic mass is 19.4. The number of rotatable bonds is 8. The maximum atomic E-state index is 13.3. The van der Waals surface area contributed by atoms with Gasteiger partial charge in [-0.1, -0.05) is 33.6 Å². The molecule has 0 radical (unpaired) electrons. The van der Waals surface area contributed by atoms with Gasteiger partial charge in [0, 0.05) is 18.9 Å². The summed E-state index contributed by atoms with van der Waals surface area (Å²) >= 11 is 0. The van der Waals surface area contributed by atoms with Gasteiger partial charge < -0.3 is 21.3 Å². The number of alkyl halides is 3. The third kappa shape index (κ3) is 7.08. The molecule has 1 saturated heterocycles. The highest BCUT2D eigenvalue weighted by molar-refractivity contribution is 5.94. The summed E-state index contributed by atoms with van der Waals surface area (Å²) in [5, 5.41) is 20.2. The van der Waals surface area contributed by atoms with Gasteiger partial charge in [-0.2, -0.15) is 18.4 Å². The van der Waals surface area contributed by atoms with Crippen LogP contribution in [0.5, 0.6) is 0 Å². The normalized spacial score (nSPS) is 24.3. The fraction of sp³-hybridized carbons (Fsp3) is 0.750. The maximum Gasteiger partial charge on any atom is 0.471 e. The largest absolute Gasteiger partial charge is 0.471 e. The van der Waals surface area contributed by atoms with Crippen LogP contribution in [0.15, 0.2) is 0 Å². The minimum Gasteiger partial charge on any atom is -0.342 e. The molecule has 198 valence electrons. The van der Waals surface area contributed by atoms with Crippen LogP contribution < -0.4 is 25.9 Å². The Kier molecular flexibility index (Phi) is 8.47. The molecule has 0 spiro atoms. The molecule has 0 bridgehead atoms. The molecular weight excluding hydrogens is 477 g/mol. The van der Waals surface area contributed by atoms with Crippen molar-refractivity contribution in [3.8, 4) is 6.07 Å². The second-order valence-corrected chi connectivity index (χ2v) is 10.9. The Morgan fingerprint density at radius 1 is 1.14 bits per heavy atom. The standard InChI is InChI=1S/C24H33F3N6O3/c1-23(2,3)19(33-22(36)24(25,26)27)21(35)31-16(9-13-6-7-13)20(34)32-17(10-28)15-11-29-12-18-14(15)5-4-8-30-18/h8,13-17,19,29H,4-7,9,11-12H2,1-3H3,(H2-,31,32,33,34,35,36)/p+1. The Hall–Kier alpha value is -2.90. The number of amides is 3. The SMILES string of the molecule is CC(C)(C)C(NC(=O)C(F)(F)F)C(=O)NC(CC1CC1)C(=O)NC(C#N)C1CNCC2=[N+]=CCCC21. The molecule has 0 aromatic rings. The number of halogens is 3. The van der Waals surface area contributed by atoms with Crippen LogP contribution in [0.2, 0.25) is 0 Å². The van der Waals surface area contributed by atoms with E-state index < -0.39 is 47.4 Å². The van der Waals surface area contributed by atoms with Crippen molar-refractivity contribution >= 4 is 29.6 Å². The van der Waals surface area contributed by atoms with Crippen LogP contribution in [0.25, 0.3) is 0 Å². The van der Waals surface area contributed by atoms with E-state index in [0.717, 1.165) is 31.4 Å². The molecule has 3 aliphatic rings. The molecule has 5 unspecified atom stereocenters. The molecular formula is C24H34F3N6O3+. The monoisotopic (exact) mass is 511 g/mol. The molecule has 2 aliphatic heterocycles. The predicted molar refractivity (Wildman–Crippen MR) is 127 cm³/mol. The summed E-state index contributed by atoms with van der Waals surface area (Å²) in [6.07, 6.45) is 0.359. The molecule has 2 fully saturated rings. The lowest BCUT2D eigenvalue weighted by molar-refractivity contribution is -0.175. The van der Waals surface area contributed by atoms with Gasteiger partial charge in [-0.05, 0) is 24.2 Å². The molecule has 3 rings (SSSR count). The Bertz CT molecular complexity index is 973. The van der Waals surface area contributed by atoms with Crippen LogP contribution in [-0.4, -0.2) is 67.0 Å². The van der Waals surface area contributed by atoms with Crippen LogP contribution in [0.4, 0.5) is 13.2 Å². The smallest absolute Gasteiger partial charge is 0.342 e. The first-order valence-electron chi connectivity index (χ1n) is 12.3. The fourth-order valence-electron chi connectivity index (χ4n) is 4.75. The van der Waals surface area contributed by atoms with Gasteiger partial charge in [0.25, 0.3) is 11.9 Å². The van der Waals surface area contributed by atoms with Gasteiger partial charge in [0.05, 0.1) is 18.5 Å². The van der Waals surface area contributed by atoms with Gasteiger partial charge in [0.2, 0.25) is 11.8 Å². The highest BCUT2D eigenvalue weighted by Crippen LogP contribution is 2.34. The summed E-state index contributed by atoms with van der Waals surface area (Å²) in [6.45, 7) is 5.71. The minimum absolute atomic E-state index is 0.0560. The van der Waals surface area contributed by atoms with Gasteiger partial charge in [-0.15, -0.1) is 4.67 Å². The van der Waals surface area contributed by atoms with E-state index in [4.69, 9.17) is 0 Å². The molecule has 9 nitrogen and oxygen atoms in total. The molecule has 5 atom stereocenters. The van der Waals surface area contributed by atoms with Crippen LogP contribution in [0.1, 0.15) is 52.9 Å². The average molecular weight is 512 g/mol. The van der Waals surface area contributed by atoms with Gasteiger partial charge in [0.1, 0.15) is 18.1 Å². The Morgan fingerprint density at radius 2 is 1.83 bits per heavy atom. The Labute approximate surface area is 208 Å². The summed E-state index contributed by atoms with van der Waals surface area (Å²) in [5.74, 6) is -3.62. The first kappa shape index (κ1) is 27.7. The number of nitrogens with zero attached hydrogens (tertiary/aromatic N) is 2. The second-order valence-electron chi connectivity index (χ2n) is 10.9. The van der Waals surface area contributed by atoms with Crippen LogP contribution in [0.3, 0.4) is 0 Å². The van der Waals surface area contributed by atoms with Gasteiger partial charge >= 0.3 is 12.1 Å². The van der Waals surface area contributed by atoms with E-state index in [9.17, 15) is 32.8 Å². The van der Waals surface area contributed by atoms with E-state index in [-0.39, 0.29) is 17.8 Å². The summed E-state index contributed by atoms with van der Waals surface area (Å²) < 4.78 is 43.0. The zero-order valence-corrected chi connectivity index (χ0v) is 20.7. The Morgan fingerprint density at radius 3 is 2.42 bits per heavy atom. The predicted octanol–water partition coefficient (Wildman–Crippen LogP) is 0.581. The molecule has 4 N–H and O–H groups in total. The fourth-order valence-corrected chi connectivity index (χ4v) is 4.75. The molecule has 12 heteroatoms. The number of carbonyl (C=O) groups excluding carboxylic acids is 3. The molecule has 36 heavy (non-hydrogen) atoms. The zero-order valence-electron chi connectivity index (χ0n) is 20.7. The molecule has 2 heterocycles. The van der Waals surface area contributed by atoms with Crippen molar-refractivity contribution in [2.24, 2.45) is 23.2 Å². The van der Waals surface area contributed by atoms with E-state index >= 15 is 0 Å². The van der Waals surface area contributed by atoms with Crippen LogP contribution in [-0.2, 0) is 14.4 Å².